The van der Waals surface area contributed by atoms with Crippen molar-refractivity contribution in [2.75, 3.05) is 0 Å². The largest absolute Gasteiger partial charge is 0.480 e. The molecule has 4 nitrogen and oxygen atoms in total. The van der Waals surface area contributed by atoms with Gasteiger partial charge in [-0.2, -0.15) is 5.06 Å². The van der Waals surface area contributed by atoms with Crippen LogP contribution in [0, 0.1) is 5.92 Å². The molecule has 1 N–H and O–H groups in total. The van der Waals surface area contributed by atoms with Gasteiger partial charge in [-0.1, -0.05) is 0 Å². The predicted molar refractivity (Wildman–Crippen MR) is 50.6 cm³/mol. The molecule has 1 aliphatic heterocycles. The van der Waals surface area contributed by atoms with Gasteiger partial charge in [-0.25, -0.2) is 0 Å². The smallest absolute Gasteiger partial charge is 0.323 e. The molecule has 0 aromatic heterocycles. The first-order valence-electron chi connectivity index (χ1n) is 5.09. The summed E-state index contributed by atoms with van der Waals surface area (Å²) in [6.45, 7) is 5.84. The molecule has 0 unspecified atom stereocenters. The van der Waals surface area contributed by atoms with E-state index >= 15 is 0 Å². The van der Waals surface area contributed by atoms with Gasteiger partial charge in [-0.15, -0.1) is 0 Å². The van der Waals surface area contributed by atoms with Gasteiger partial charge < -0.3 is 5.11 Å². The van der Waals surface area contributed by atoms with Crippen LogP contribution in [0.3, 0.4) is 0 Å². The van der Waals surface area contributed by atoms with Crippen LogP contribution in [0.5, 0.6) is 0 Å². The van der Waals surface area contributed by atoms with Crippen molar-refractivity contribution in [2.24, 2.45) is 5.92 Å². The van der Waals surface area contributed by atoms with E-state index in [1.165, 1.54) is 0 Å². The third-order valence-corrected chi connectivity index (χ3v) is 2.71. The van der Waals surface area contributed by atoms with E-state index in [0.29, 0.717) is 12.0 Å². The number of carbonyl (C=O) groups is 1. The van der Waals surface area contributed by atoms with Gasteiger partial charge in [0.05, 0.1) is 5.60 Å². The summed E-state index contributed by atoms with van der Waals surface area (Å²) in [5, 5.41) is 10.7. The minimum Gasteiger partial charge on any atom is -0.480 e. The van der Waals surface area contributed by atoms with Crippen LogP contribution in [-0.4, -0.2) is 33.8 Å². The number of nitrogens with zero attached hydrogens (tertiary/aromatic N) is 1. The third kappa shape index (κ3) is 1.77. The Hall–Kier alpha value is -0.610. The fourth-order valence-electron chi connectivity index (χ4n) is 2.08. The van der Waals surface area contributed by atoms with Gasteiger partial charge in [0, 0.05) is 6.04 Å². The zero-order valence-corrected chi connectivity index (χ0v) is 8.86. The van der Waals surface area contributed by atoms with Crippen molar-refractivity contribution < 1.29 is 14.7 Å². The van der Waals surface area contributed by atoms with E-state index in [1.807, 2.05) is 20.8 Å². The Labute approximate surface area is 83.8 Å². The average Bonchev–Trinajstić information content (AvgIpc) is 2.67. The number of fused-ring (bicyclic) bond motifs is 1. The lowest BCUT2D eigenvalue weighted by Gasteiger charge is -2.31. The van der Waals surface area contributed by atoms with Gasteiger partial charge in [0.2, 0.25) is 0 Å². The van der Waals surface area contributed by atoms with Crippen LogP contribution in [0.1, 0.15) is 33.6 Å². The molecule has 0 aromatic carbocycles. The van der Waals surface area contributed by atoms with Crippen LogP contribution in [-0.2, 0) is 9.63 Å². The van der Waals surface area contributed by atoms with E-state index in [-0.39, 0.29) is 5.60 Å². The van der Waals surface area contributed by atoms with E-state index in [0.717, 1.165) is 12.8 Å². The van der Waals surface area contributed by atoms with Crippen molar-refractivity contribution in [3.8, 4) is 0 Å². The van der Waals surface area contributed by atoms with E-state index in [2.05, 4.69) is 0 Å². The molecule has 0 bridgehead atoms. The number of hydrogen-bond donors (Lipinski definition) is 1. The van der Waals surface area contributed by atoms with E-state index in [1.54, 1.807) is 5.06 Å². The molecule has 1 saturated heterocycles. The quantitative estimate of drug-likeness (QED) is 0.727. The fourth-order valence-corrected chi connectivity index (χ4v) is 2.08. The number of rotatable bonds is 2. The van der Waals surface area contributed by atoms with E-state index in [9.17, 15) is 4.79 Å². The van der Waals surface area contributed by atoms with E-state index < -0.39 is 12.0 Å². The van der Waals surface area contributed by atoms with Gasteiger partial charge in [0.15, 0.2) is 0 Å². The first kappa shape index (κ1) is 9.93. The van der Waals surface area contributed by atoms with Crippen molar-refractivity contribution in [2.45, 2.75) is 51.3 Å². The third-order valence-electron chi connectivity index (χ3n) is 2.71. The Balaban J connectivity index is 2.04. The van der Waals surface area contributed by atoms with Crippen LogP contribution in [0.2, 0.25) is 0 Å². The molecule has 3 atom stereocenters. The zero-order valence-electron chi connectivity index (χ0n) is 8.86. The molecule has 1 saturated carbocycles. The lowest BCUT2D eigenvalue weighted by molar-refractivity contribution is -0.247. The van der Waals surface area contributed by atoms with Crippen molar-refractivity contribution in [1.29, 1.82) is 0 Å². The number of piperidine rings is 1. The van der Waals surface area contributed by atoms with Crippen molar-refractivity contribution >= 4 is 5.97 Å². The molecule has 1 heterocycles. The predicted octanol–water partition coefficient (Wildman–Crippen LogP) is 1.26. The maximum atomic E-state index is 10.9. The summed E-state index contributed by atoms with van der Waals surface area (Å²) in [5.41, 5.74) is -0.300. The molecule has 4 heteroatoms. The van der Waals surface area contributed by atoms with E-state index in [4.69, 9.17) is 9.94 Å². The summed E-state index contributed by atoms with van der Waals surface area (Å²) in [4.78, 5) is 16.6. The summed E-state index contributed by atoms with van der Waals surface area (Å²) >= 11 is 0. The molecule has 0 spiro atoms. The molecule has 14 heavy (non-hydrogen) atoms. The van der Waals surface area contributed by atoms with Crippen LogP contribution in [0.25, 0.3) is 0 Å². The second-order valence-electron chi connectivity index (χ2n) is 5.22. The lowest BCUT2D eigenvalue weighted by atomic mass is 10.2. The second-order valence-corrected chi connectivity index (χ2v) is 5.22. The summed E-state index contributed by atoms with van der Waals surface area (Å²) in [5.74, 6) is -0.208. The lowest BCUT2D eigenvalue weighted by Crippen LogP contribution is -2.43. The molecule has 2 aliphatic rings. The Morgan fingerprint density at radius 1 is 1.43 bits per heavy atom. The maximum absolute atomic E-state index is 10.9. The maximum Gasteiger partial charge on any atom is 0.323 e. The summed E-state index contributed by atoms with van der Waals surface area (Å²) < 4.78 is 0. The highest BCUT2D eigenvalue weighted by Gasteiger charge is 2.56. The standard InChI is InChI=1S/C10H17NO3/c1-10(2,3)14-11-7-4-6(7)5-8(11)9(12)13/h6-8H,4-5H2,1-3H3,(H,12,13)/t6-,7-,8+/m1/s1. The topological polar surface area (TPSA) is 49.8 Å². The van der Waals surface area contributed by atoms with Gasteiger partial charge in [0.25, 0.3) is 0 Å². The van der Waals surface area contributed by atoms with Crippen molar-refractivity contribution in [3.63, 3.8) is 0 Å². The first-order valence-corrected chi connectivity index (χ1v) is 5.09. The summed E-state index contributed by atoms with van der Waals surface area (Å²) in [6.07, 6.45) is 1.84. The normalized spacial score (nSPS) is 36.9. The Morgan fingerprint density at radius 3 is 2.57 bits per heavy atom. The molecule has 1 aliphatic carbocycles. The minimum atomic E-state index is -0.763. The molecule has 0 amide bonds. The van der Waals surface area contributed by atoms with Crippen LogP contribution >= 0.6 is 0 Å². The Bertz CT molecular complexity index is 259. The van der Waals surface area contributed by atoms with Gasteiger partial charge in [-0.3, -0.25) is 9.63 Å². The SMILES string of the molecule is CC(C)(C)ON1[C@@H]2C[C@@H]2C[C@H]1C(=O)O. The Kier molecular flexibility index (Phi) is 2.08. The van der Waals surface area contributed by atoms with Gasteiger partial charge in [-0.05, 0) is 39.5 Å². The number of hydroxylamine groups is 2. The molecule has 0 radical (unpaired) electrons. The molecular formula is C10H17NO3. The molecule has 80 valence electrons. The fraction of sp³-hybridized carbons (Fsp3) is 0.900. The molecule has 2 fully saturated rings. The van der Waals surface area contributed by atoms with Crippen LogP contribution < -0.4 is 0 Å². The second kappa shape index (κ2) is 2.94. The van der Waals surface area contributed by atoms with Crippen molar-refractivity contribution in [3.05, 3.63) is 0 Å². The highest BCUT2D eigenvalue weighted by atomic mass is 16.7. The first-order chi connectivity index (χ1) is 6.38. The van der Waals surface area contributed by atoms with Crippen LogP contribution in [0.15, 0.2) is 0 Å². The average molecular weight is 199 g/mol. The van der Waals surface area contributed by atoms with Crippen molar-refractivity contribution in [1.82, 2.24) is 5.06 Å². The summed E-state index contributed by atoms with van der Waals surface area (Å²) in [6, 6.07) is -0.0756. The Morgan fingerprint density at radius 2 is 2.07 bits per heavy atom. The molecular weight excluding hydrogens is 182 g/mol. The molecule has 0 aromatic rings. The zero-order chi connectivity index (χ0) is 10.5. The highest BCUT2D eigenvalue weighted by Crippen LogP contribution is 2.48. The van der Waals surface area contributed by atoms with Crippen LogP contribution in [0.4, 0.5) is 0 Å². The van der Waals surface area contributed by atoms with Gasteiger partial charge >= 0.3 is 5.97 Å². The molecule has 2 rings (SSSR count). The highest BCUT2D eigenvalue weighted by molar-refractivity contribution is 5.74. The van der Waals surface area contributed by atoms with Gasteiger partial charge in [0.1, 0.15) is 6.04 Å². The number of carboxylic acids is 1. The number of hydrogen-bond acceptors (Lipinski definition) is 3. The number of aliphatic carboxylic acids is 1. The minimum absolute atomic E-state index is 0.300. The monoisotopic (exact) mass is 199 g/mol. The number of carboxylic acid groups (broad SMARTS) is 1. The summed E-state index contributed by atoms with van der Waals surface area (Å²) in [7, 11) is 0.